The third kappa shape index (κ3) is 4.83. The van der Waals surface area contributed by atoms with Crippen LogP contribution in [0.4, 0.5) is 8.78 Å². The summed E-state index contributed by atoms with van der Waals surface area (Å²) in [6.45, 7) is 0.759. The quantitative estimate of drug-likeness (QED) is 0.493. The zero-order chi connectivity index (χ0) is 28.1. The van der Waals surface area contributed by atoms with E-state index < -0.39 is 59.1 Å². The molecule has 1 spiro atoms. The minimum atomic E-state index is -3.02. The first kappa shape index (κ1) is 27.0. The molecular weight excluding hydrogens is 512 g/mol. The van der Waals surface area contributed by atoms with Gasteiger partial charge in [-0.1, -0.05) is 12.5 Å². The molecule has 2 heterocycles. The second-order valence-electron chi connectivity index (χ2n) is 11.0. The zero-order valence-electron chi connectivity index (χ0n) is 21.9. The van der Waals surface area contributed by atoms with E-state index >= 15 is 0 Å². The number of fused-ring (bicyclic) bond motifs is 1. The number of nitrogens with one attached hydrogen (secondary N) is 2. The van der Waals surface area contributed by atoms with Crippen molar-refractivity contribution < 1.29 is 37.5 Å². The summed E-state index contributed by atoms with van der Waals surface area (Å²) in [4.78, 5) is 68.3. The summed E-state index contributed by atoms with van der Waals surface area (Å²) in [5, 5.41) is 3.18. The summed E-state index contributed by atoms with van der Waals surface area (Å²) in [6, 6.07) is 4.21. The molecule has 4 unspecified atom stereocenters. The number of ketones is 3. The lowest BCUT2D eigenvalue weighted by atomic mass is 9.82. The molecule has 0 bridgehead atoms. The lowest BCUT2D eigenvalue weighted by molar-refractivity contribution is -0.139. The Bertz CT molecular complexity index is 1370. The highest BCUT2D eigenvalue weighted by Gasteiger charge is 2.75. The fourth-order valence-corrected chi connectivity index (χ4v) is 6.11. The van der Waals surface area contributed by atoms with E-state index in [1.807, 2.05) is 0 Å². The van der Waals surface area contributed by atoms with Gasteiger partial charge in [0.2, 0.25) is 11.7 Å². The number of H-pyrrole nitrogens is 1. The van der Waals surface area contributed by atoms with Crippen LogP contribution in [-0.4, -0.2) is 70.7 Å². The predicted octanol–water partition coefficient (Wildman–Crippen LogP) is 3.21. The molecule has 5 rings (SSSR count). The largest absolute Gasteiger partial charge is 0.496 e. The number of carbonyl (C=O) groups is 5. The maximum Gasteiger partial charge on any atom is 0.271 e. The molecule has 11 heteroatoms. The zero-order valence-corrected chi connectivity index (χ0v) is 21.9. The lowest BCUT2D eigenvalue weighted by Gasteiger charge is -2.28. The number of aromatic amines is 1. The van der Waals surface area contributed by atoms with Gasteiger partial charge in [0.05, 0.1) is 18.6 Å². The van der Waals surface area contributed by atoms with Crippen LogP contribution >= 0.6 is 0 Å². The van der Waals surface area contributed by atoms with Crippen molar-refractivity contribution >= 4 is 40.1 Å². The summed E-state index contributed by atoms with van der Waals surface area (Å²) < 4.78 is 34.2. The molecule has 9 nitrogen and oxygen atoms in total. The molecule has 3 fully saturated rings. The van der Waals surface area contributed by atoms with Crippen LogP contribution in [0.15, 0.2) is 24.3 Å². The van der Waals surface area contributed by atoms with Crippen molar-refractivity contribution in [2.75, 3.05) is 13.7 Å². The van der Waals surface area contributed by atoms with E-state index in [-0.39, 0.29) is 30.9 Å². The Kier molecular flexibility index (Phi) is 6.80. The Morgan fingerprint density at radius 3 is 2.62 bits per heavy atom. The topological polar surface area (TPSA) is 126 Å². The molecule has 1 aromatic heterocycles. The smallest absolute Gasteiger partial charge is 0.271 e. The molecule has 2 saturated carbocycles. The van der Waals surface area contributed by atoms with Gasteiger partial charge in [-0.15, -0.1) is 0 Å². The molecule has 2 amide bonds. The lowest BCUT2D eigenvalue weighted by Crippen LogP contribution is -2.52. The van der Waals surface area contributed by atoms with E-state index in [0.717, 1.165) is 24.7 Å². The first-order valence-corrected chi connectivity index (χ1v) is 13.2. The summed E-state index contributed by atoms with van der Waals surface area (Å²) in [5.41, 5.74) is -0.806. The van der Waals surface area contributed by atoms with Crippen molar-refractivity contribution in [3.63, 3.8) is 0 Å². The number of Topliss-reactive ketones (excluding diaryl/α,β-unsaturated/α-hetero) is 3. The Labute approximate surface area is 223 Å². The van der Waals surface area contributed by atoms with Crippen molar-refractivity contribution in [2.45, 2.75) is 69.9 Å². The maximum atomic E-state index is 14.5. The number of hydrogen-bond acceptors (Lipinski definition) is 6. The van der Waals surface area contributed by atoms with Gasteiger partial charge in [0.1, 0.15) is 23.3 Å². The van der Waals surface area contributed by atoms with Gasteiger partial charge in [-0.3, -0.25) is 24.0 Å². The van der Waals surface area contributed by atoms with Crippen molar-refractivity contribution in [3.8, 4) is 5.75 Å². The van der Waals surface area contributed by atoms with Gasteiger partial charge in [-0.25, -0.2) is 8.78 Å². The molecule has 208 valence electrons. The number of hydrogen-bond donors (Lipinski definition) is 2. The Hall–Kier alpha value is -3.63. The minimum Gasteiger partial charge on any atom is -0.496 e. The van der Waals surface area contributed by atoms with Crippen LogP contribution in [0, 0.1) is 11.3 Å². The number of alkyl halides is 2. The number of ether oxygens (including phenoxy) is 1. The van der Waals surface area contributed by atoms with Gasteiger partial charge in [0.15, 0.2) is 5.78 Å². The summed E-state index contributed by atoms with van der Waals surface area (Å²) in [7, 11) is 1.49. The first-order chi connectivity index (χ1) is 18.5. The van der Waals surface area contributed by atoms with Gasteiger partial charge in [0, 0.05) is 43.1 Å². The van der Waals surface area contributed by atoms with Crippen LogP contribution in [0.25, 0.3) is 10.9 Å². The van der Waals surface area contributed by atoms with Crippen LogP contribution in [0.3, 0.4) is 0 Å². The average Bonchev–Trinajstić information content (AvgIpc) is 3.25. The van der Waals surface area contributed by atoms with Crippen LogP contribution in [-0.2, 0) is 19.2 Å². The van der Waals surface area contributed by atoms with Crippen molar-refractivity contribution in [3.05, 3.63) is 30.0 Å². The Balaban J connectivity index is 1.41. The molecule has 2 aromatic rings. The number of carbonyl (C=O) groups excluding carboxylic acids is 5. The van der Waals surface area contributed by atoms with Gasteiger partial charge >= 0.3 is 0 Å². The number of aromatic nitrogens is 1. The molecule has 0 radical (unpaired) electrons. The van der Waals surface area contributed by atoms with Gasteiger partial charge in [0.25, 0.3) is 11.8 Å². The van der Waals surface area contributed by atoms with Crippen molar-refractivity contribution in [2.24, 2.45) is 11.3 Å². The van der Waals surface area contributed by atoms with E-state index in [1.165, 1.54) is 7.11 Å². The highest BCUT2D eigenvalue weighted by molar-refractivity contribution is 6.38. The number of halogens is 2. The third-order valence-corrected chi connectivity index (χ3v) is 8.46. The average molecular weight is 544 g/mol. The second kappa shape index (κ2) is 9.84. The van der Waals surface area contributed by atoms with Crippen LogP contribution in [0.1, 0.15) is 62.4 Å². The van der Waals surface area contributed by atoms with E-state index in [0.29, 0.717) is 29.5 Å². The molecular formula is C28H31F2N3O6. The highest BCUT2D eigenvalue weighted by Crippen LogP contribution is 2.66. The molecule has 1 aromatic carbocycles. The van der Waals surface area contributed by atoms with Crippen LogP contribution in [0.2, 0.25) is 0 Å². The standard InChI is InChI=1S/C28H31F2N3O6/c1-15(34)24(36)19(10-16-6-3-4-8-22(16)35)32-25(37)21-12-27(13-28(27,29)30)14-33(21)26(38)20-11-17-18(31-20)7-5-9-23(17)39-2/h5,7,9,11,16,19,21,31H,3-4,6,8,10,12-14H2,1-2H3,(H,32,37). The van der Waals surface area contributed by atoms with E-state index in [9.17, 15) is 32.8 Å². The first-order valence-electron chi connectivity index (χ1n) is 13.2. The molecule has 1 aliphatic heterocycles. The highest BCUT2D eigenvalue weighted by atomic mass is 19.3. The Morgan fingerprint density at radius 1 is 1.23 bits per heavy atom. The van der Waals surface area contributed by atoms with Gasteiger partial charge in [-0.2, -0.15) is 0 Å². The molecule has 1 saturated heterocycles. The predicted molar refractivity (Wildman–Crippen MR) is 135 cm³/mol. The molecule has 39 heavy (non-hydrogen) atoms. The minimum absolute atomic E-state index is 0.0275. The van der Waals surface area contributed by atoms with Crippen molar-refractivity contribution in [1.82, 2.24) is 15.2 Å². The van der Waals surface area contributed by atoms with E-state index in [1.54, 1.807) is 24.3 Å². The SMILES string of the molecule is COc1cccc2[nH]c(C(=O)N3CC4(CC3C(=O)NC(CC3CCCCC3=O)C(=O)C(C)=O)CC4(F)F)cc12. The number of rotatable bonds is 8. The monoisotopic (exact) mass is 543 g/mol. The van der Waals surface area contributed by atoms with Crippen molar-refractivity contribution in [1.29, 1.82) is 0 Å². The van der Waals surface area contributed by atoms with Crippen LogP contribution in [0.5, 0.6) is 5.75 Å². The fourth-order valence-electron chi connectivity index (χ4n) is 6.11. The Morgan fingerprint density at radius 2 is 1.97 bits per heavy atom. The van der Waals surface area contributed by atoms with E-state index in [2.05, 4.69) is 10.3 Å². The second-order valence-corrected chi connectivity index (χ2v) is 11.0. The van der Waals surface area contributed by atoms with Gasteiger partial charge < -0.3 is 19.9 Å². The fraction of sp³-hybridized carbons (Fsp3) is 0.536. The normalized spacial score (nSPS) is 26.5. The van der Waals surface area contributed by atoms with E-state index in [4.69, 9.17) is 4.74 Å². The summed E-state index contributed by atoms with van der Waals surface area (Å²) in [6.07, 6.45) is 1.71. The number of benzene rings is 1. The molecule has 2 N–H and O–H groups in total. The summed E-state index contributed by atoms with van der Waals surface area (Å²) >= 11 is 0. The molecule has 2 aliphatic carbocycles. The van der Waals surface area contributed by atoms with Crippen LogP contribution < -0.4 is 10.1 Å². The number of amides is 2. The number of likely N-dealkylation sites (tertiary alicyclic amines) is 1. The maximum absolute atomic E-state index is 14.5. The number of nitrogens with zero attached hydrogens (tertiary/aromatic N) is 1. The molecule has 3 aliphatic rings. The summed E-state index contributed by atoms with van der Waals surface area (Å²) in [5.74, 6) is -6.06. The molecule has 4 atom stereocenters. The number of methoxy groups -OCH3 is 1. The van der Waals surface area contributed by atoms with Gasteiger partial charge in [-0.05, 0) is 43.9 Å². The third-order valence-electron chi connectivity index (χ3n) is 8.46.